The van der Waals surface area contributed by atoms with Gasteiger partial charge in [0.15, 0.2) is 0 Å². The fraction of sp³-hybridized carbons (Fsp3) is 0.462. The number of ether oxygens (including phenoxy) is 1. The molecule has 184 valence electrons. The highest BCUT2D eigenvalue weighted by molar-refractivity contribution is 6.31. The smallest absolute Gasteiger partial charge is 0.257 e. The molecule has 1 aromatic heterocycles. The lowest BCUT2D eigenvalue weighted by Gasteiger charge is -2.41. The number of pyridine rings is 1. The summed E-state index contributed by atoms with van der Waals surface area (Å²) in [7, 11) is 0. The van der Waals surface area contributed by atoms with Crippen LogP contribution in [0.15, 0.2) is 24.4 Å². The van der Waals surface area contributed by atoms with E-state index in [1.54, 1.807) is 19.1 Å². The van der Waals surface area contributed by atoms with Crippen molar-refractivity contribution in [1.82, 2.24) is 14.8 Å². The van der Waals surface area contributed by atoms with Crippen LogP contribution in [0.25, 0.3) is 0 Å². The van der Waals surface area contributed by atoms with Gasteiger partial charge >= 0.3 is 0 Å². The van der Waals surface area contributed by atoms with Crippen molar-refractivity contribution in [2.45, 2.75) is 39.8 Å². The fourth-order valence-corrected chi connectivity index (χ4v) is 4.94. The van der Waals surface area contributed by atoms with Gasteiger partial charge in [0, 0.05) is 55.7 Å². The van der Waals surface area contributed by atoms with Gasteiger partial charge in [-0.05, 0) is 56.5 Å². The normalized spacial score (nSPS) is 20.5. The number of amides is 2. The highest BCUT2D eigenvalue weighted by atomic mass is 35.5. The number of nitriles is 1. The van der Waals surface area contributed by atoms with Gasteiger partial charge in [-0.15, -0.1) is 0 Å². The van der Waals surface area contributed by atoms with Crippen LogP contribution in [0.2, 0.25) is 5.02 Å². The first-order chi connectivity index (χ1) is 16.8. The van der Waals surface area contributed by atoms with Crippen molar-refractivity contribution < 1.29 is 14.3 Å². The molecule has 2 amide bonds. The second kappa shape index (κ2) is 10.7. The van der Waals surface area contributed by atoms with Crippen LogP contribution < -0.4 is 5.32 Å². The summed E-state index contributed by atoms with van der Waals surface area (Å²) in [5, 5.41) is 12.7. The third-order valence-corrected chi connectivity index (χ3v) is 7.08. The predicted molar refractivity (Wildman–Crippen MR) is 133 cm³/mol. The number of nitrogens with zero attached hydrogens (tertiary/aromatic N) is 4. The van der Waals surface area contributed by atoms with Crippen molar-refractivity contribution in [2.24, 2.45) is 5.92 Å². The van der Waals surface area contributed by atoms with Gasteiger partial charge in [-0.1, -0.05) is 11.6 Å². The predicted octanol–water partition coefficient (Wildman–Crippen LogP) is 3.55. The largest absolute Gasteiger partial charge is 0.381 e. The molecule has 3 heterocycles. The molecule has 2 atom stereocenters. The summed E-state index contributed by atoms with van der Waals surface area (Å²) < 4.78 is 5.39. The van der Waals surface area contributed by atoms with Crippen molar-refractivity contribution in [3.8, 4) is 6.07 Å². The van der Waals surface area contributed by atoms with E-state index in [2.05, 4.69) is 28.2 Å². The maximum Gasteiger partial charge on any atom is 0.257 e. The number of halogens is 1. The monoisotopic (exact) mass is 495 g/mol. The van der Waals surface area contributed by atoms with Gasteiger partial charge in [-0.3, -0.25) is 19.5 Å². The van der Waals surface area contributed by atoms with Crippen LogP contribution in [0.5, 0.6) is 0 Å². The summed E-state index contributed by atoms with van der Waals surface area (Å²) in [4.78, 5) is 34.1. The summed E-state index contributed by atoms with van der Waals surface area (Å²) in [6, 6.07) is 7.36. The Morgan fingerprint density at radius 1 is 1.29 bits per heavy atom. The van der Waals surface area contributed by atoms with E-state index in [-0.39, 0.29) is 23.8 Å². The highest BCUT2D eigenvalue weighted by Crippen LogP contribution is 2.28. The van der Waals surface area contributed by atoms with E-state index in [1.165, 1.54) is 6.20 Å². The van der Waals surface area contributed by atoms with E-state index in [1.807, 2.05) is 17.9 Å². The quantitative estimate of drug-likeness (QED) is 0.681. The number of benzene rings is 1. The number of carbonyl (C=O) groups is 2. The summed E-state index contributed by atoms with van der Waals surface area (Å²) >= 11 is 6.41. The first kappa shape index (κ1) is 25.1. The minimum absolute atomic E-state index is 0.0155. The van der Waals surface area contributed by atoms with Crippen LogP contribution in [0.4, 0.5) is 5.69 Å². The molecule has 0 aliphatic carbocycles. The molecule has 35 heavy (non-hydrogen) atoms. The van der Waals surface area contributed by atoms with Crippen molar-refractivity contribution in [2.75, 3.05) is 38.2 Å². The molecule has 1 N–H and O–H groups in total. The number of piperazine rings is 1. The third-order valence-electron chi connectivity index (χ3n) is 6.87. The van der Waals surface area contributed by atoms with Crippen LogP contribution in [0.3, 0.4) is 0 Å². The SMILES string of the molecule is Cc1ncc(C(=O)Nc2cc(Cl)cc(CN3CCN(C(=O)[C@H]4CCOC4)[C@@H](C)C3)c2C)cc1C#N. The molecular formula is C26H30ClN5O3. The first-order valence-corrected chi connectivity index (χ1v) is 12.2. The van der Waals surface area contributed by atoms with E-state index >= 15 is 0 Å². The number of hydrogen-bond acceptors (Lipinski definition) is 6. The molecule has 1 aromatic carbocycles. The molecule has 2 aromatic rings. The van der Waals surface area contributed by atoms with Crippen molar-refractivity contribution in [1.29, 1.82) is 5.26 Å². The molecule has 0 spiro atoms. The molecule has 0 unspecified atom stereocenters. The summed E-state index contributed by atoms with van der Waals surface area (Å²) in [6.45, 7) is 9.84. The van der Waals surface area contributed by atoms with Gasteiger partial charge in [0.2, 0.25) is 5.91 Å². The lowest BCUT2D eigenvalue weighted by atomic mass is 10.0. The molecule has 2 aliphatic rings. The molecule has 0 bridgehead atoms. The van der Waals surface area contributed by atoms with Crippen LogP contribution in [0.1, 0.15) is 46.1 Å². The topological polar surface area (TPSA) is 98.6 Å². The minimum atomic E-state index is -0.345. The Hall–Kier alpha value is -2.99. The molecule has 0 radical (unpaired) electrons. The van der Waals surface area contributed by atoms with E-state index in [9.17, 15) is 14.9 Å². The molecule has 2 fully saturated rings. The Morgan fingerprint density at radius 3 is 2.77 bits per heavy atom. The summed E-state index contributed by atoms with van der Waals surface area (Å²) in [6.07, 6.45) is 2.27. The number of carbonyl (C=O) groups excluding carboxylic acids is 2. The number of aromatic nitrogens is 1. The average molecular weight is 496 g/mol. The van der Waals surface area contributed by atoms with E-state index in [0.29, 0.717) is 53.8 Å². The van der Waals surface area contributed by atoms with Gasteiger partial charge in [-0.25, -0.2) is 0 Å². The standard InChI is InChI=1S/C26H30ClN5O3/c1-16-13-31(5-6-32(16)26(34)19-4-7-35-15-19)14-22-9-23(27)10-24(17(22)2)30-25(33)21-8-20(11-28)18(3)29-12-21/h8-10,12,16,19H,4-7,13-15H2,1-3H3,(H,30,33)/t16-,19-/m0/s1. The van der Waals surface area contributed by atoms with Gasteiger partial charge in [0.1, 0.15) is 6.07 Å². The van der Waals surface area contributed by atoms with Gasteiger partial charge in [-0.2, -0.15) is 5.26 Å². The minimum Gasteiger partial charge on any atom is -0.381 e. The number of nitrogens with one attached hydrogen (secondary N) is 1. The number of aryl methyl sites for hydroxylation is 1. The zero-order valence-corrected chi connectivity index (χ0v) is 21.1. The summed E-state index contributed by atoms with van der Waals surface area (Å²) in [5.74, 6) is -0.163. The Morgan fingerprint density at radius 2 is 2.09 bits per heavy atom. The van der Waals surface area contributed by atoms with Gasteiger partial charge < -0.3 is 15.0 Å². The Labute approximate surface area is 210 Å². The fourth-order valence-electron chi connectivity index (χ4n) is 4.70. The molecule has 2 saturated heterocycles. The molecule has 9 heteroatoms. The van der Waals surface area contributed by atoms with Crippen LogP contribution in [0, 0.1) is 31.1 Å². The zero-order chi connectivity index (χ0) is 25.1. The van der Waals surface area contributed by atoms with Crippen molar-refractivity contribution in [3.05, 3.63) is 57.4 Å². The molecule has 8 nitrogen and oxygen atoms in total. The summed E-state index contributed by atoms with van der Waals surface area (Å²) in [5.41, 5.74) is 3.84. The number of hydrogen-bond donors (Lipinski definition) is 1. The average Bonchev–Trinajstić information content (AvgIpc) is 3.37. The van der Waals surface area contributed by atoms with Crippen molar-refractivity contribution >= 4 is 29.1 Å². The van der Waals surface area contributed by atoms with Crippen LogP contribution >= 0.6 is 11.6 Å². The number of anilines is 1. The van der Waals surface area contributed by atoms with E-state index in [0.717, 1.165) is 30.6 Å². The maximum absolute atomic E-state index is 12.8. The second-order valence-corrected chi connectivity index (χ2v) is 9.77. The Bertz CT molecular complexity index is 1170. The van der Waals surface area contributed by atoms with Crippen LogP contribution in [-0.2, 0) is 16.1 Å². The second-order valence-electron chi connectivity index (χ2n) is 9.34. The maximum atomic E-state index is 12.8. The van der Waals surface area contributed by atoms with E-state index in [4.69, 9.17) is 16.3 Å². The first-order valence-electron chi connectivity index (χ1n) is 11.8. The molecule has 4 rings (SSSR count). The highest BCUT2D eigenvalue weighted by Gasteiger charge is 2.33. The lowest BCUT2D eigenvalue weighted by molar-refractivity contribution is -0.140. The Kier molecular flexibility index (Phi) is 7.70. The molecule has 2 aliphatic heterocycles. The molecule has 0 saturated carbocycles. The van der Waals surface area contributed by atoms with Crippen molar-refractivity contribution in [3.63, 3.8) is 0 Å². The van der Waals surface area contributed by atoms with Gasteiger partial charge in [0.25, 0.3) is 5.91 Å². The van der Waals surface area contributed by atoms with Crippen LogP contribution in [-0.4, -0.2) is 65.5 Å². The third kappa shape index (κ3) is 5.64. The van der Waals surface area contributed by atoms with Gasteiger partial charge in [0.05, 0.1) is 29.3 Å². The van der Waals surface area contributed by atoms with E-state index < -0.39 is 0 Å². The lowest BCUT2D eigenvalue weighted by Crippen LogP contribution is -2.55. The molecular weight excluding hydrogens is 466 g/mol. The Balaban J connectivity index is 1.44. The zero-order valence-electron chi connectivity index (χ0n) is 20.3. The number of rotatable bonds is 5.